The first-order valence-corrected chi connectivity index (χ1v) is 15.8. The Bertz CT molecular complexity index is 222. The molecule has 0 bridgehead atoms. The third-order valence-corrected chi connectivity index (χ3v) is 13.3. The van der Waals surface area contributed by atoms with Gasteiger partial charge in [0.25, 0.3) is 0 Å². The van der Waals surface area contributed by atoms with Gasteiger partial charge in [0.1, 0.15) is 0 Å². The Morgan fingerprint density at radius 2 is 1.90 bits per heavy atom. The maximum atomic E-state index is 2.47. The van der Waals surface area contributed by atoms with Gasteiger partial charge in [0.05, 0.1) is 0 Å². The first kappa shape index (κ1) is 9.39. The summed E-state index contributed by atoms with van der Waals surface area (Å²) in [6.45, 7) is 0. The molecule has 2 radical (unpaired) electrons. The van der Waals surface area contributed by atoms with Crippen molar-refractivity contribution in [3.63, 3.8) is 0 Å². The monoisotopic (exact) mass is 368 g/mol. The fourth-order valence-corrected chi connectivity index (χ4v) is 11.1. The van der Waals surface area contributed by atoms with Crippen molar-refractivity contribution in [2.75, 3.05) is 0 Å². The molecule has 10 heavy (non-hydrogen) atoms. The third-order valence-electron chi connectivity index (χ3n) is 1.37. The zero-order chi connectivity index (χ0) is 7.78. The molecule has 0 atom stereocenters. The van der Waals surface area contributed by atoms with E-state index in [1.54, 1.807) is 5.79 Å². The third kappa shape index (κ3) is 2.41. The van der Waals surface area contributed by atoms with Gasteiger partial charge in [-0.1, -0.05) is 0 Å². The predicted molar refractivity (Wildman–Crippen MR) is 54.1 cm³/mol. The van der Waals surface area contributed by atoms with Gasteiger partial charge in [-0.15, -0.1) is 0 Å². The van der Waals surface area contributed by atoms with Crippen LogP contribution in [0, 0.1) is 0 Å². The van der Waals surface area contributed by atoms with Crippen LogP contribution in [0.5, 0.6) is 0 Å². The van der Waals surface area contributed by atoms with E-state index >= 15 is 0 Å². The Balaban J connectivity index is 2.96. The topological polar surface area (TPSA) is 0 Å². The van der Waals surface area contributed by atoms with Crippen molar-refractivity contribution >= 4 is 58.0 Å². The first-order valence-electron chi connectivity index (χ1n) is 3.36. The summed E-state index contributed by atoms with van der Waals surface area (Å²) in [5, 5.41) is 0. The molecule has 0 nitrogen and oxygen atoms in total. The van der Waals surface area contributed by atoms with Gasteiger partial charge in [-0.25, -0.2) is 0 Å². The molecule has 0 aliphatic carbocycles. The normalized spacial score (nSPS) is 12.0. The van der Waals surface area contributed by atoms with Crippen molar-refractivity contribution in [2.45, 2.75) is 14.8 Å². The summed E-state index contributed by atoms with van der Waals surface area (Å²) in [5.74, 6) is 0. The Hall–Kier alpha value is 1.30. The Morgan fingerprint density at radius 1 is 1.30 bits per heavy atom. The molecule has 0 aliphatic rings. The van der Waals surface area contributed by atoms with E-state index in [2.05, 4.69) is 27.0 Å². The van der Waals surface area contributed by atoms with Crippen LogP contribution in [-0.4, -0.2) is 40.9 Å². The quantitative estimate of drug-likeness (QED) is 0.647. The van der Waals surface area contributed by atoms with Crippen LogP contribution in [0.4, 0.5) is 0 Å². The van der Waals surface area contributed by atoms with Crippen LogP contribution in [0.1, 0.15) is 0 Å². The minimum absolute atomic E-state index is 1.29. The molecular formula is C7H12SSn2. The second kappa shape index (κ2) is 3.35. The molecule has 0 amide bonds. The van der Waals surface area contributed by atoms with Crippen LogP contribution in [0.2, 0.25) is 14.8 Å². The fourth-order valence-electron chi connectivity index (χ4n) is 0.756. The molecule has 1 aromatic rings. The summed E-state index contributed by atoms with van der Waals surface area (Å²) in [7, 11) is 0. The standard InChI is InChI=1S/C4H2S.3CH3.2Sn.H/c1-2-4-5-3-1;;;;;;/h1-2H;3*1H3;;;. The molecule has 3 heteroatoms. The fraction of sp³-hybridized carbons (Fsp3) is 0.429. The zero-order valence-corrected chi connectivity index (χ0v) is 13.6. The van der Waals surface area contributed by atoms with Gasteiger partial charge in [0.2, 0.25) is 0 Å². The van der Waals surface area contributed by atoms with Gasteiger partial charge in [-0.3, -0.25) is 0 Å². The van der Waals surface area contributed by atoms with E-state index < -0.39 is 18.4 Å². The van der Waals surface area contributed by atoms with Gasteiger partial charge in [0.15, 0.2) is 0 Å². The molecule has 1 heterocycles. The molecule has 0 N–H and O–H groups in total. The molecule has 0 saturated heterocycles. The number of rotatable bonds is 1. The van der Waals surface area contributed by atoms with Gasteiger partial charge in [-0.2, -0.15) is 0 Å². The summed E-state index contributed by atoms with van der Waals surface area (Å²) in [4.78, 5) is 7.42. The number of hydrogen-bond acceptors (Lipinski definition) is 1. The average molecular weight is 366 g/mol. The van der Waals surface area contributed by atoms with Crippen LogP contribution in [-0.2, 0) is 0 Å². The van der Waals surface area contributed by atoms with E-state index in [1.807, 2.05) is 11.3 Å². The van der Waals surface area contributed by atoms with Crippen molar-refractivity contribution in [3.05, 3.63) is 12.1 Å². The van der Waals surface area contributed by atoms with E-state index in [1.165, 1.54) is 22.5 Å². The summed E-state index contributed by atoms with van der Waals surface area (Å²) < 4.78 is 3.31. The van der Waals surface area contributed by atoms with Gasteiger partial charge >= 0.3 is 85.0 Å². The van der Waals surface area contributed by atoms with Crippen molar-refractivity contribution < 1.29 is 0 Å². The predicted octanol–water partition coefficient (Wildman–Crippen LogP) is 0.819. The van der Waals surface area contributed by atoms with E-state index in [4.69, 9.17) is 0 Å². The Labute approximate surface area is 84.0 Å². The van der Waals surface area contributed by atoms with Crippen molar-refractivity contribution in [2.24, 2.45) is 0 Å². The molecule has 0 spiro atoms. The van der Waals surface area contributed by atoms with Crippen molar-refractivity contribution in [1.82, 2.24) is 0 Å². The van der Waals surface area contributed by atoms with Gasteiger partial charge in [0, 0.05) is 0 Å². The van der Waals surface area contributed by atoms with Gasteiger partial charge < -0.3 is 0 Å². The summed E-state index contributed by atoms with van der Waals surface area (Å²) in [5.41, 5.74) is 0. The SMILES string of the molecule is [CH3][Sn]([CH3])([CH3])[c]1cc[c]([SnH])s1. The summed E-state index contributed by atoms with van der Waals surface area (Å²) >= 11 is 1.69. The molecule has 0 saturated carbocycles. The second-order valence-corrected chi connectivity index (χ2v) is 23.0. The van der Waals surface area contributed by atoms with E-state index in [0.717, 1.165) is 0 Å². The van der Waals surface area contributed by atoms with E-state index in [-0.39, 0.29) is 0 Å². The maximum absolute atomic E-state index is 2.47. The molecule has 0 aromatic carbocycles. The average Bonchev–Trinajstić information content (AvgIpc) is 2.11. The second-order valence-electron chi connectivity index (χ2n) is 3.45. The van der Waals surface area contributed by atoms with Crippen LogP contribution >= 0.6 is 11.3 Å². The molecule has 54 valence electrons. The number of thiophene rings is 1. The van der Waals surface area contributed by atoms with Gasteiger partial charge in [-0.05, 0) is 0 Å². The van der Waals surface area contributed by atoms with Crippen LogP contribution in [0.25, 0.3) is 0 Å². The molecule has 1 rings (SSSR count). The van der Waals surface area contributed by atoms with Crippen LogP contribution in [0.15, 0.2) is 12.1 Å². The number of hydrogen-bond donors (Lipinski definition) is 0. The van der Waals surface area contributed by atoms with E-state index in [9.17, 15) is 0 Å². The molecule has 0 fully saturated rings. The van der Waals surface area contributed by atoms with Crippen LogP contribution < -0.4 is 5.79 Å². The Kier molecular flexibility index (Phi) is 3.15. The molecule has 0 unspecified atom stereocenters. The Morgan fingerprint density at radius 3 is 2.10 bits per heavy atom. The zero-order valence-electron chi connectivity index (χ0n) is 6.64. The minimum atomic E-state index is -1.65. The summed E-state index contributed by atoms with van der Waals surface area (Å²) in [6.07, 6.45) is 0. The molecular weight excluding hydrogens is 354 g/mol. The van der Waals surface area contributed by atoms with Crippen LogP contribution in [0.3, 0.4) is 0 Å². The first-order chi connectivity index (χ1) is 4.50. The van der Waals surface area contributed by atoms with Crippen molar-refractivity contribution in [1.29, 1.82) is 0 Å². The summed E-state index contributed by atoms with van der Waals surface area (Å²) in [6, 6.07) is 4.64. The van der Waals surface area contributed by atoms with Crippen molar-refractivity contribution in [3.8, 4) is 0 Å². The molecule has 1 aromatic heterocycles. The van der Waals surface area contributed by atoms with E-state index in [0.29, 0.717) is 0 Å². The molecule has 0 aliphatic heterocycles.